The fraction of sp³-hybridized carbons (Fsp3) is 0.467. The molecular weight excluding hydrogens is 306 g/mol. The minimum atomic E-state index is -3.15. The fourth-order valence-corrected chi connectivity index (χ4v) is 4.40. The van der Waals surface area contributed by atoms with Crippen molar-refractivity contribution in [2.45, 2.75) is 12.5 Å². The average Bonchev–Trinajstić information content (AvgIpc) is 2.87. The van der Waals surface area contributed by atoms with Gasteiger partial charge in [-0.05, 0) is 12.0 Å². The van der Waals surface area contributed by atoms with Crippen molar-refractivity contribution in [1.29, 1.82) is 0 Å². The minimum Gasteiger partial charge on any atom is -0.467 e. The molecule has 120 valence electrons. The van der Waals surface area contributed by atoms with Gasteiger partial charge in [-0.15, -0.1) is 0 Å². The Labute approximate surface area is 130 Å². The Morgan fingerprint density at radius 1 is 1.27 bits per heavy atom. The Hall–Kier alpha value is -1.89. The molecule has 0 radical (unpaired) electrons. The maximum absolute atomic E-state index is 12.5. The van der Waals surface area contributed by atoms with Crippen molar-refractivity contribution in [3.8, 4) is 0 Å². The van der Waals surface area contributed by atoms with Crippen molar-refractivity contribution >= 4 is 21.7 Å². The van der Waals surface area contributed by atoms with E-state index in [2.05, 4.69) is 0 Å². The second kappa shape index (κ2) is 6.48. The van der Waals surface area contributed by atoms with Crippen molar-refractivity contribution in [2.75, 3.05) is 25.7 Å². The smallest absolute Gasteiger partial charge is 0.333 e. The fourth-order valence-electron chi connectivity index (χ4n) is 2.67. The van der Waals surface area contributed by atoms with Crippen LogP contribution in [0.2, 0.25) is 0 Å². The monoisotopic (exact) mass is 325 g/mol. The molecule has 0 aromatic heterocycles. The number of ether oxygens (including phenoxy) is 1. The van der Waals surface area contributed by atoms with Gasteiger partial charge in [-0.25, -0.2) is 13.2 Å². The van der Waals surface area contributed by atoms with Crippen LogP contribution in [0.5, 0.6) is 0 Å². The Morgan fingerprint density at radius 3 is 2.41 bits per heavy atom. The van der Waals surface area contributed by atoms with Crippen molar-refractivity contribution < 1.29 is 22.7 Å². The lowest BCUT2D eigenvalue weighted by atomic mass is 10.0. The molecule has 2 rings (SSSR count). The Kier molecular flexibility index (Phi) is 4.85. The SMILES string of the molecule is COC(=O)C(c1ccccc1)N(C)C(=O)C1CCS(=O)(=O)C1. The Morgan fingerprint density at radius 2 is 1.91 bits per heavy atom. The van der Waals surface area contributed by atoms with E-state index >= 15 is 0 Å². The predicted molar refractivity (Wildman–Crippen MR) is 80.7 cm³/mol. The van der Waals surface area contributed by atoms with Gasteiger partial charge >= 0.3 is 5.97 Å². The quantitative estimate of drug-likeness (QED) is 0.765. The first kappa shape index (κ1) is 16.5. The molecule has 2 unspecified atom stereocenters. The molecule has 1 aliphatic rings. The second-order valence-corrected chi connectivity index (χ2v) is 7.61. The van der Waals surface area contributed by atoms with Gasteiger partial charge in [-0.3, -0.25) is 4.79 Å². The van der Waals surface area contributed by atoms with Gasteiger partial charge in [0.2, 0.25) is 5.91 Å². The molecule has 22 heavy (non-hydrogen) atoms. The largest absolute Gasteiger partial charge is 0.467 e. The number of likely N-dealkylation sites (N-methyl/N-ethyl adjacent to an activating group) is 1. The van der Waals surface area contributed by atoms with E-state index in [1.807, 2.05) is 6.07 Å². The van der Waals surface area contributed by atoms with E-state index in [1.165, 1.54) is 19.1 Å². The molecule has 0 spiro atoms. The van der Waals surface area contributed by atoms with E-state index in [0.717, 1.165) is 0 Å². The van der Waals surface area contributed by atoms with Gasteiger partial charge in [0.1, 0.15) is 0 Å². The van der Waals surface area contributed by atoms with E-state index in [4.69, 9.17) is 4.74 Å². The summed E-state index contributed by atoms with van der Waals surface area (Å²) in [6.45, 7) is 0. The van der Waals surface area contributed by atoms with Crippen LogP contribution in [-0.2, 0) is 24.2 Å². The van der Waals surface area contributed by atoms with Crippen LogP contribution in [-0.4, -0.2) is 50.9 Å². The molecule has 0 bridgehead atoms. The summed E-state index contributed by atoms with van der Waals surface area (Å²) in [5, 5.41) is 0. The van der Waals surface area contributed by atoms with E-state index in [9.17, 15) is 18.0 Å². The van der Waals surface area contributed by atoms with Crippen molar-refractivity contribution in [3.05, 3.63) is 35.9 Å². The topological polar surface area (TPSA) is 80.8 Å². The predicted octanol–water partition coefficient (Wildman–Crippen LogP) is 0.794. The van der Waals surface area contributed by atoms with Gasteiger partial charge in [0.15, 0.2) is 15.9 Å². The van der Waals surface area contributed by atoms with E-state index < -0.39 is 27.8 Å². The molecule has 1 aliphatic heterocycles. The van der Waals surface area contributed by atoms with Crippen LogP contribution in [0.25, 0.3) is 0 Å². The summed E-state index contributed by atoms with van der Waals surface area (Å²) in [6, 6.07) is 7.94. The number of nitrogens with zero attached hydrogens (tertiary/aromatic N) is 1. The lowest BCUT2D eigenvalue weighted by Gasteiger charge is -2.28. The van der Waals surface area contributed by atoms with Gasteiger partial charge in [0, 0.05) is 7.05 Å². The Bertz CT molecular complexity index is 656. The summed E-state index contributed by atoms with van der Waals surface area (Å²) in [5.74, 6) is -1.63. The average molecular weight is 325 g/mol. The maximum atomic E-state index is 12.5. The van der Waals surface area contributed by atoms with Gasteiger partial charge in [0.05, 0.1) is 24.5 Å². The van der Waals surface area contributed by atoms with E-state index in [-0.39, 0.29) is 17.4 Å². The summed E-state index contributed by atoms with van der Waals surface area (Å²) in [5.41, 5.74) is 0.631. The lowest BCUT2D eigenvalue weighted by Crippen LogP contribution is -2.40. The first-order valence-electron chi connectivity index (χ1n) is 6.95. The highest BCUT2D eigenvalue weighted by Gasteiger charge is 2.38. The maximum Gasteiger partial charge on any atom is 0.333 e. The number of amides is 1. The number of esters is 1. The summed E-state index contributed by atoms with van der Waals surface area (Å²) in [7, 11) is -0.391. The van der Waals surface area contributed by atoms with Crippen molar-refractivity contribution in [3.63, 3.8) is 0 Å². The second-order valence-electron chi connectivity index (χ2n) is 5.39. The van der Waals surface area contributed by atoms with E-state index in [0.29, 0.717) is 12.0 Å². The van der Waals surface area contributed by atoms with Crippen LogP contribution in [0.3, 0.4) is 0 Å². The highest BCUT2D eigenvalue weighted by atomic mass is 32.2. The number of carbonyl (C=O) groups is 2. The first-order chi connectivity index (χ1) is 10.4. The third-order valence-corrected chi connectivity index (χ3v) is 5.62. The molecule has 7 heteroatoms. The number of hydrogen-bond acceptors (Lipinski definition) is 5. The number of carbonyl (C=O) groups excluding carboxylic acids is 2. The zero-order valence-corrected chi connectivity index (χ0v) is 13.4. The number of sulfone groups is 1. The van der Waals surface area contributed by atoms with Crippen LogP contribution in [0, 0.1) is 5.92 Å². The zero-order chi connectivity index (χ0) is 16.3. The molecule has 6 nitrogen and oxygen atoms in total. The summed E-state index contributed by atoms with van der Waals surface area (Å²) in [6.07, 6.45) is 0.300. The standard InChI is InChI=1S/C15H19NO5S/c1-16(14(17)12-8-9-22(19,20)10-12)13(15(18)21-2)11-6-4-3-5-7-11/h3-7,12-13H,8-10H2,1-2H3. The number of benzene rings is 1. The molecule has 1 aromatic carbocycles. The van der Waals surface area contributed by atoms with Gasteiger partial charge in [-0.2, -0.15) is 0 Å². The number of methoxy groups -OCH3 is 1. The van der Waals surface area contributed by atoms with Crippen LogP contribution >= 0.6 is 0 Å². The van der Waals surface area contributed by atoms with Crippen LogP contribution in [0.15, 0.2) is 30.3 Å². The molecule has 1 aromatic rings. The first-order valence-corrected chi connectivity index (χ1v) is 8.77. The van der Waals surface area contributed by atoms with Gasteiger partial charge < -0.3 is 9.64 Å². The molecule has 1 amide bonds. The molecule has 0 saturated carbocycles. The van der Waals surface area contributed by atoms with Crippen molar-refractivity contribution in [2.24, 2.45) is 5.92 Å². The number of hydrogen-bond donors (Lipinski definition) is 0. The minimum absolute atomic E-state index is 0.0193. The highest BCUT2D eigenvalue weighted by molar-refractivity contribution is 7.91. The number of rotatable bonds is 4. The van der Waals surface area contributed by atoms with Crippen molar-refractivity contribution in [1.82, 2.24) is 4.90 Å². The molecule has 1 heterocycles. The van der Waals surface area contributed by atoms with Crippen LogP contribution in [0.4, 0.5) is 0 Å². The van der Waals surface area contributed by atoms with Gasteiger partial charge in [0.25, 0.3) is 0 Å². The zero-order valence-electron chi connectivity index (χ0n) is 12.6. The Balaban J connectivity index is 2.24. The summed E-state index contributed by atoms with van der Waals surface area (Å²) < 4.78 is 27.9. The van der Waals surface area contributed by atoms with E-state index in [1.54, 1.807) is 24.3 Å². The molecule has 0 aliphatic carbocycles. The normalized spacial score (nSPS) is 21.1. The highest BCUT2D eigenvalue weighted by Crippen LogP contribution is 2.26. The molecule has 1 fully saturated rings. The third-order valence-electron chi connectivity index (χ3n) is 3.86. The van der Waals surface area contributed by atoms with Gasteiger partial charge in [-0.1, -0.05) is 30.3 Å². The lowest BCUT2D eigenvalue weighted by molar-refractivity contribution is -0.153. The van der Waals surface area contributed by atoms with Crippen LogP contribution in [0.1, 0.15) is 18.0 Å². The molecule has 2 atom stereocenters. The molecule has 1 saturated heterocycles. The molecule has 0 N–H and O–H groups in total. The molecular formula is C15H19NO5S. The summed E-state index contributed by atoms with van der Waals surface area (Å²) >= 11 is 0. The summed E-state index contributed by atoms with van der Waals surface area (Å²) in [4.78, 5) is 25.9. The van der Waals surface area contributed by atoms with Crippen LogP contribution < -0.4 is 0 Å². The third kappa shape index (κ3) is 3.47.